The van der Waals surface area contributed by atoms with Gasteiger partial charge in [-0.1, -0.05) is 103 Å². The van der Waals surface area contributed by atoms with Crippen LogP contribution in [0.1, 0.15) is 24.6 Å². The lowest BCUT2D eigenvalue weighted by molar-refractivity contribution is -0.119. The Morgan fingerprint density at radius 3 is 1.88 bits per heavy atom. The number of para-hydroxylation sites is 1. The summed E-state index contributed by atoms with van der Waals surface area (Å²) in [6, 6.07) is 40.6. The molecule has 4 aromatic carbocycles. The van der Waals surface area contributed by atoms with Gasteiger partial charge in [0.1, 0.15) is 6.17 Å². The summed E-state index contributed by atoms with van der Waals surface area (Å²) in [7, 11) is -0.768. The van der Waals surface area contributed by atoms with Crippen molar-refractivity contribution in [1.29, 1.82) is 0 Å². The molecule has 34 heavy (non-hydrogen) atoms. The standard InChI is InChI=1S/C30H27N2OP/c33-30-27-20-12-22-31(27)29(32(30)23-13-4-1-5-14-23)26-19-10-11-21-28(26)34(24-15-6-2-7-16-24)25-17-8-3-9-18-25/h1-11,13-19,21,27,29H,12,20,22H2/t27-,29+/m0/s1. The van der Waals surface area contributed by atoms with Crippen molar-refractivity contribution >= 4 is 35.4 Å². The number of carbonyl (C=O) groups excluding carboxylic acids is 1. The van der Waals surface area contributed by atoms with Crippen molar-refractivity contribution in [2.45, 2.75) is 25.0 Å². The zero-order chi connectivity index (χ0) is 22.9. The fraction of sp³-hybridized carbons (Fsp3) is 0.167. The number of nitrogens with zero attached hydrogens (tertiary/aromatic N) is 2. The second-order valence-corrected chi connectivity index (χ2v) is 11.1. The molecule has 0 aliphatic carbocycles. The molecule has 4 aromatic rings. The molecule has 0 aromatic heterocycles. The van der Waals surface area contributed by atoms with Crippen LogP contribution in [0.3, 0.4) is 0 Å². The number of carbonyl (C=O) groups is 1. The Labute approximate surface area is 202 Å². The average Bonchev–Trinajstić information content (AvgIpc) is 3.48. The van der Waals surface area contributed by atoms with Gasteiger partial charge in [-0.2, -0.15) is 0 Å². The van der Waals surface area contributed by atoms with Gasteiger partial charge in [0, 0.05) is 12.2 Å². The molecule has 0 bridgehead atoms. The summed E-state index contributed by atoms with van der Waals surface area (Å²) < 4.78 is 0. The van der Waals surface area contributed by atoms with Crippen LogP contribution in [0.4, 0.5) is 5.69 Å². The monoisotopic (exact) mass is 462 g/mol. The predicted octanol–water partition coefficient (Wildman–Crippen LogP) is 4.95. The van der Waals surface area contributed by atoms with Gasteiger partial charge >= 0.3 is 0 Å². The third kappa shape index (κ3) is 3.66. The molecule has 6 rings (SSSR count). The van der Waals surface area contributed by atoms with Crippen LogP contribution in [0, 0.1) is 0 Å². The number of benzene rings is 4. The zero-order valence-electron chi connectivity index (χ0n) is 19.0. The Morgan fingerprint density at radius 2 is 1.24 bits per heavy atom. The van der Waals surface area contributed by atoms with E-state index >= 15 is 0 Å². The van der Waals surface area contributed by atoms with E-state index in [2.05, 4.69) is 102 Å². The number of hydrogen-bond acceptors (Lipinski definition) is 2. The summed E-state index contributed by atoms with van der Waals surface area (Å²) in [4.78, 5) is 18.2. The van der Waals surface area contributed by atoms with Crippen LogP contribution in [0.2, 0.25) is 0 Å². The molecule has 168 valence electrons. The van der Waals surface area contributed by atoms with Gasteiger partial charge in [-0.05, 0) is 54.4 Å². The largest absolute Gasteiger partial charge is 0.291 e. The first kappa shape index (κ1) is 21.3. The van der Waals surface area contributed by atoms with Crippen molar-refractivity contribution in [3.05, 3.63) is 121 Å². The van der Waals surface area contributed by atoms with Crippen LogP contribution in [0.5, 0.6) is 0 Å². The minimum atomic E-state index is -0.768. The molecule has 0 unspecified atom stereocenters. The molecule has 4 heteroatoms. The van der Waals surface area contributed by atoms with Crippen LogP contribution >= 0.6 is 7.92 Å². The first-order valence-corrected chi connectivity index (χ1v) is 13.3. The van der Waals surface area contributed by atoms with Crippen molar-refractivity contribution in [3.63, 3.8) is 0 Å². The van der Waals surface area contributed by atoms with Gasteiger partial charge in [0.2, 0.25) is 5.91 Å². The lowest BCUT2D eigenvalue weighted by Gasteiger charge is -2.33. The Bertz CT molecular complexity index is 1240. The summed E-state index contributed by atoms with van der Waals surface area (Å²) in [6.07, 6.45) is 1.92. The van der Waals surface area contributed by atoms with Crippen LogP contribution in [0.15, 0.2) is 115 Å². The Hall–Kier alpha value is -3.26. The molecule has 2 heterocycles. The maximum absolute atomic E-state index is 13.7. The number of rotatable bonds is 5. The fourth-order valence-electron chi connectivity index (χ4n) is 5.44. The number of fused-ring (bicyclic) bond motifs is 1. The number of hydrogen-bond donors (Lipinski definition) is 0. The molecule has 0 saturated carbocycles. The van der Waals surface area contributed by atoms with Crippen molar-refractivity contribution < 1.29 is 4.79 Å². The molecular weight excluding hydrogens is 435 g/mol. The summed E-state index contributed by atoms with van der Waals surface area (Å²) in [6.45, 7) is 0.952. The lowest BCUT2D eigenvalue weighted by atomic mass is 10.1. The molecular formula is C30H27N2OP. The van der Waals surface area contributed by atoms with E-state index < -0.39 is 7.92 Å². The third-order valence-corrected chi connectivity index (χ3v) is 9.41. The van der Waals surface area contributed by atoms with Crippen molar-refractivity contribution in [1.82, 2.24) is 4.90 Å². The van der Waals surface area contributed by atoms with Gasteiger partial charge in [-0.25, -0.2) is 0 Å². The van der Waals surface area contributed by atoms with E-state index in [1.54, 1.807) is 0 Å². The van der Waals surface area contributed by atoms with Crippen LogP contribution in [-0.2, 0) is 4.79 Å². The normalized spacial score (nSPS) is 20.1. The molecule has 2 aliphatic rings. The van der Waals surface area contributed by atoms with Crippen LogP contribution in [0.25, 0.3) is 0 Å². The summed E-state index contributed by atoms with van der Waals surface area (Å²) >= 11 is 0. The van der Waals surface area contributed by atoms with Gasteiger partial charge in [-0.3, -0.25) is 14.6 Å². The molecule has 2 aliphatic heterocycles. The smallest absolute Gasteiger partial charge is 0.246 e. The molecule has 0 spiro atoms. The maximum atomic E-state index is 13.7. The average molecular weight is 463 g/mol. The molecule has 1 amide bonds. The Morgan fingerprint density at radius 1 is 0.676 bits per heavy atom. The van der Waals surface area contributed by atoms with Crippen molar-refractivity contribution in [3.8, 4) is 0 Å². The summed E-state index contributed by atoms with van der Waals surface area (Å²) in [5.41, 5.74) is 2.22. The first-order valence-electron chi connectivity index (χ1n) is 12.0. The third-order valence-electron chi connectivity index (χ3n) is 6.89. The fourth-order valence-corrected chi connectivity index (χ4v) is 7.92. The highest BCUT2D eigenvalue weighted by molar-refractivity contribution is 7.79. The van der Waals surface area contributed by atoms with Gasteiger partial charge in [-0.15, -0.1) is 0 Å². The van der Waals surface area contributed by atoms with E-state index in [0.717, 1.165) is 25.1 Å². The number of anilines is 1. The SMILES string of the molecule is O=C1[C@@H]2CCCN2[C@@H](c2ccccc2P(c2ccccc2)c2ccccc2)N1c1ccccc1. The Kier molecular flexibility index (Phi) is 5.74. The predicted molar refractivity (Wildman–Crippen MR) is 142 cm³/mol. The van der Waals surface area contributed by atoms with Crippen LogP contribution in [-0.4, -0.2) is 23.4 Å². The topological polar surface area (TPSA) is 23.6 Å². The van der Waals surface area contributed by atoms with Crippen LogP contribution < -0.4 is 20.8 Å². The van der Waals surface area contributed by atoms with Gasteiger partial charge in [0.25, 0.3) is 0 Å². The summed E-state index contributed by atoms with van der Waals surface area (Å²) in [5, 5.41) is 3.97. The zero-order valence-corrected chi connectivity index (χ0v) is 19.9. The van der Waals surface area contributed by atoms with E-state index in [1.165, 1.54) is 21.5 Å². The maximum Gasteiger partial charge on any atom is 0.246 e. The highest BCUT2D eigenvalue weighted by atomic mass is 31.1. The highest BCUT2D eigenvalue weighted by Crippen LogP contribution is 2.44. The molecule has 2 saturated heterocycles. The van der Waals surface area contributed by atoms with Crippen molar-refractivity contribution in [2.75, 3.05) is 11.4 Å². The molecule has 2 atom stereocenters. The van der Waals surface area contributed by atoms with Gasteiger partial charge in [0.05, 0.1) is 6.04 Å². The van der Waals surface area contributed by atoms with E-state index in [4.69, 9.17) is 0 Å². The number of amides is 1. The minimum Gasteiger partial charge on any atom is -0.291 e. The highest BCUT2D eigenvalue weighted by Gasteiger charge is 2.50. The van der Waals surface area contributed by atoms with Crippen molar-refractivity contribution in [2.24, 2.45) is 0 Å². The molecule has 3 nitrogen and oxygen atoms in total. The Balaban J connectivity index is 1.54. The van der Waals surface area contributed by atoms with Gasteiger partial charge in [0.15, 0.2) is 0 Å². The second-order valence-electron chi connectivity index (χ2n) is 8.88. The minimum absolute atomic E-state index is 0.0297. The van der Waals surface area contributed by atoms with E-state index in [0.29, 0.717) is 0 Å². The summed E-state index contributed by atoms with van der Waals surface area (Å²) in [5.74, 6) is 0.229. The van der Waals surface area contributed by atoms with E-state index in [1.807, 2.05) is 23.1 Å². The van der Waals surface area contributed by atoms with Gasteiger partial charge < -0.3 is 0 Å². The second kappa shape index (κ2) is 9.18. The molecule has 2 fully saturated rings. The first-order chi connectivity index (χ1) is 16.8. The lowest BCUT2D eigenvalue weighted by Crippen LogP contribution is -2.36. The quantitative estimate of drug-likeness (QED) is 0.392. The van der Waals surface area contributed by atoms with E-state index in [9.17, 15) is 4.79 Å². The molecule has 0 N–H and O–H groups in total. The van der Waals surface area contributed by atoms with E-state index in [-0.39, 0.29) is 18.1 Å². The molecule has 0 radical (unpaired) electrons.